The summed E-state index contributed by atoms with van der Waals surface area (Å²) in [5.74, 6) is 0. The van der Waals surface area contributed by atoms with Crippen molar-refractivity contribution in [3.63, 3.8) is 0 Å². The number of benzene rings is 2. The van der Waals surface area contributed by atoms with Crippen LogP contribution >= 0.6 is 0 Å². The van der Waals surface area contributed by atoms with Gasteiger partial charge in [-0.15, -0.1) is 6.58 Å². The molecule has 0 saturated carbocycles. The molecule has 0 N–H and O–H groups in total. The van der Waals surface area contributed by atoms with Crippen molar-refractivity contribution in [1.29, 1.82) is 0 Å². The minimum absolute atomic E-state index is 0.428. The summed E-state index contributed by atoms with van der Waals surface area (Å²) >= 11 is 0. The lowest BCUT2D eigenvalue weighted by atomic mass is 10.1. The molecule has 2 aromatic rings. The highest BCUT2D eigenvalue weighted by Crippen LogP contribution is 2.16. The van der Waals surface area contributed by atoms with Gasteiger partial charge in [-0.05, 0) is 11.1 Å². The Balaban J connectivity index is 1.60. The SMILES string of the molecule is C=CC1CN(Cc2ccccc2)CCN1Cc1ccccc1. The normalized spacial score (nSPS) is 19.9. The van der Waals surface area contributed by atoms with Crippen molar-refractivity contribution in [2.75, 3.05) is 19.6 Å². The van der Waals surface area contributed by atoms with Gasteiger partial charge in [0.2, 0.25) is 0 Å². The topological polar surface area (TPSA) is 6.48 Å². The minimum atomic E-state index is 0.428. The van der Waals surface area contributed by atoms with Gasteiger partial charge in [-0.2, -0.15) is 0 Å². The smallest absolute Gasteiger partial charge is 0.0407 e. The zero-order valence-electron chi connectivity index (χ0n) is 13.1. The van der Waals surface area contributed by atoms with Gasteiger partial charge in [0.05, 0.1) is 0 Å². The quantitative estimate of drug-likeness (QED) is 0.778. The zero-order valence-corrected chi connectivity index (χ0v) is 13.1. The van der Waals surface area contributed by atoms with Crippen molar-refractivity contribution in [2.45, 2.75) is 19.1 Å². The van der Waals surface area contributed by atoms with Crippen LogP contribution in [-0.2, 0) is 13.1 Å². The molecule has 1 saturated heterocycles. The average Bonchev–Trinajstić information content (AvgIpc) is 2.58. The minimum Gasteiger partial charge on any atom is -0.296 e. The fourth-order valence-electron chi connectivity index (χ4n) is 3.13. The van der Waals surface area contributed by atoms with Gasteiger partial charge in [-0.1, -0.05) is 66.7 Å². The second-order valence-electron chi connectivity index (χ2n) is 5.98. The first-order valence-corrected chi connectivity index (χ1v) is 8.02. The first-order valence-electron chi connectivity index (χ1n) is 8.02. The van der Waals surface area contributed by atoms with Gasteiger partial charge in [-0.3, -0.25) is 9.80 Å². The van der Waals surface area contributed by atoms with E-state index in [0.717, 1.165) is 32.7 Å². The Morgan fingerprint density at radius 1 is 0.864 bits per heavy atom. The number of rotatable bonds is 5. The Bertz CT molecular complexity index is 579. The van der Waals surface area contributed by atoms with Crippen molar-refractivity contribution in [1.82, 2.24) is 9.80 Å². The number of hydrogen-bond donors (Lipinski definition) is 0. The molecule has 0 amide bonds. The number of nitrogens with zero attached hydrogens (tertiary/aromatic N) is 2. The van der Waals surface area contributed by atoms with Gasteiger partial charge < -0.3 is 0 Å². The van der Waals surface area contributed by atoms with Gasteiger partial charge in [0.15, 0.2) is 0 Å². The highest BCUT2D eigenvalue weighted by molar-refractivity contribution is 5.16. The molecule has 0 aromatic heterocycles. The zero-order chi connectivity index (χ0) is 15.2. The van der Waals surface area contributed by atoms with Crippen LogP contribution in [0.3, 0.4) is 0 Å². The Morgan fingerprint density at radius 2 is 1.45 bits per heavy atom. The van der Waals surface area contributed by atoms with Crippen LogP contribution in [0.1, 0.15) is 11.1 Å². The predicted molar refractivity (Wildman–Crippen MR) is 92.6 cm³/mol. The Hall–Kier alpha value is -1.90. The Morgan fingerprint density at radius 3 is 2.05 bits per heavy atom. The van der Waals surface area contributed by atoms with E-state index in [1.807, 2.05) is 0 Å². The fraction of sp³-hybridized carbons (Fsp3) is 0.300. The van der Waals surface area contributed by atoms with Crippen molar-refractivity contribution in [3.8, 4) is 0 Å². The van der Waals surface area contributed by atoms with Gasteiger partial charge in [0.25, 0.3) is 0 Å². The van der Waals surface area contributed by atoms with Crippen LogP contribution in [0.4, 0.5) is 0 Å². The first kappa shape index (κ1) is 15.0. The molecule has 1 heterocycles. The van der Waals surface area contributed by atoms with Gasteiger partial charge in [0, 0.05) is 38.8 Å². The maximum absolute atomic E-state index is 4.05. The van der Waals surface area contributed by atoms with E-state index in [1.165, 1.54) is 11.1 Å². The summed E-state index contributed by atoms with van der Waals surface area (Å²) in [4.78, 5) is 5.06. The number of piperazine rings is 1. The molecular weight excluding hydrogens is 268 g/mol. The third kappa shape index (κ3) is 3.85. The van der Waals surface area contributed by atoms with Crippen molar-refractivity contribution in [3.05, 3.63) is 84.4 Å². The van der Waals surface area contributed by atoms with Crippen LogP contribution in [0.15, 0.2) is 73.3 Å². The summed E-state index contributed by atoms with van der Waals surface area (Å²) in [5, 5.41) is 0. The number of hydrogen-bond acceptors (Lipinski definition) is 2. The van der Waals surface area contributed by atoms with E-state index in [4.69, 9.17) is 0 Å². The van der Waals surface area contributed by atoms with Crippen LogP contribution in [0, 0.1) is 0 Å². The van der Waals surface area contributed by atoms with Crippen LogP contribution in [0.2, 0.25) is 0 Å². The lowest BCUT2D eigenvalue weighted by Crippen LogP contribution is -2.51. The van der Waals surface area contributed by atoms with E-state index in [0.29, 0.717) is 6.04 Å². The second-order valence-corrected chi connectivity index (χ2v) is 5.98. The summed E-state index contributed by atoms with van der Waals surface area (Å²) < 4.78 is 0. The van der Waals surface area contributed by atoms with E-state index >= 15 is 0 Å². The van der Waals surface area contributed by atoms with Crippen LogP contribution in [0.25, 0.3) is 0 Å². The standard InChI is InChI=1S/C20H24N2/c1-2-20-17-21(15-18-9-5-3-6-10-18)13-14-22(20)16-19-11-7-4-8-12-19/h2-12,20H,1,13-17H2. The third-order valence-electron chi connectivity index (χ3n) is 4.37. The highest BCUT2D eigenvalue weighted by Gasteiger charge is 2.24. The molecule has 0 bridgehead atoms. The maximum atomic E-state index is 4.05. The van der Waals surface area contributed by atoms with Crippen LogP contribution < -0.4 is 0 Å². The second kappa shape index (κ2) is 7.39. The molecule has 1 fully saturated rings. The lowest BCUT2D eigenvalue weighted by molar-refractivity contribution is 0.0870. The van der Waals surface area contributed by atoms with E-state index in [1.54, 1.807) is 0 Å². The monoisotopic (exact) mass is 292 g/mol. The highest BCUT2D eigenvalue weighted by atomic mass is 15.3. The molecule has 0 spiro atoms. The summed E-state index contributed by atoms with van der Waals surface area (Å²) in [6.07, 6.45) is 2.10. The Labute approximate surface area is 133 Å². The average molecular weight is 292 g/mol. The van der Waals surface area contributed by atoms with E-state index in [9.17, 15) is 0 Å². The lowest BCUT2D eigenvalue weighted by Gasteiger charge is -2.40. The molecule has 1 aliphatic rings. The van der Waals surface area contributed by atoms with Crippen molar-refractivity contribution < 1.29 is 0 Å². The Kier molecular flexibility index (Phi) is 5.04. The van der Waals surface area contributed by atoms with Crippen LogP contribution in [-0.4, -0.2) is 35.5 Å². The summed E-state index contributed by atoms with van der Waals surface area (Å²) in [5.41, 5.74) is 2.77. The van der Waals surface area contributed by atoms with E-state index in [-0.39, 0.29) is 0 Å². The van der Waals surface area contributed by atoms with E-state index < -0.39 is 0 Å². The maximum Gasteiger partial charge on any atom is 0.0407 e. The molecule has 114 valence electrons. The summed E-state index contributed by atoms with van der Waals surface area (Å²) in [7, 11) is 0. The molecule has 0 aliphatic carbocycles. The van der Waals surface area contributed by atoms with Gasteiger partial charge in [0.1, 0.15) is 0 Å². The largest absolute Gasteiger partial charge is 0.296 e. The van der Waals surface area contributed by atoms with Crippen LogP contribution in [0.5, 0.6) is 0 Å². The molecule has 22 heavy (non-hydrogen) atoms. The molecule has 1 atom stereocenters. The molecule has 2 heteroatoms. The molecule has 2 nitrogen and oxygen atoms in total. The molecule has 1 unspecified atom stereocenters. The van der Waals surface area contributed by atoms with Gasteiger partial charge in [-0.25, -0.2) is 0 Å². The molecular formula is C20H24N2. The molecule has 3 rings (SSSR count). The van der Waals surface area contributed by atoms with Crippen molar-refractivity contribution >= 4 is 0 Å². The first-order chi connectivity index (χ1) is 10.8. The van der Waals surface area contributed by atoms with Gasteiger partial charge >= 0.3 is 0 Å². The molecule has 1 aliphatic heterocycles. The summed E-state index contributed by atoms with van der Waals surface area (Å²) in [6.45, 7) is 9.37. The fourth-order valence-corrected chi connectivity index (χ4v) is 3.13. The van der Waals surface area contributed by atoms with E-state index in [2.05, 4.69) is 83.1 Å². The van der Waals surface area contributed by atoms with Crippen molar-refractivity contribution in [2.24, 2.45) is 0 Å². The molecule has 2 aromatic carbocycles. The predicted octanol–water partition coefficient (Wildman–Crippen LogP) is 3.56. The third-order valence-corrected chi connectivity index (χ3v) is 4.37. The summed E-state index contributed by atoms with van der Waals surface area (Å²) in [6, 6.07) is 21.9. The molecule has 0 radical (unpaired) electrons.